The van der Waals surface area contributed by atoms with E-state index in [-0.39, 0.29) is 17.6 Å². The molecule has 0 bridgehead atoms. The highest BCUT2D eigenvalue weighted by Crippen LogP contribution is 2.25. The molecule has 1 aromatic heterocycles. The summed E-state index contributed by atoms with van der Waals surface area (Å²) in [5.41, 5.74) is 6.34. The number of rotatable bonds is 4. The Bertz CT molecular complexity index is 549. The molecule has 1 amide bonds. The molecule has 1 saturated carbocycles. The molecular weight excluding hydrogens is 296 g/mol. The Morgan fingerprint density at radius 1 is 1.26 bits per heavy atom. The standard InChI is InChI=1S/C15H26N6O2/c1-15(2,3)21-13-17-8-11(16)12(20-13)18-9-4-6-10(7-5-9)19-14(22)23/h8-10,19H,4-7,16H2,1-3H3,(H,22,23)(H2,17,18,20,21). The fourth-order valence-corrected chi connectivity index (χ4v) is 2.65. The first-order chi connectivity index (χ1) is 10.7. The fourth-order valence-electron chi connectivity index (χ4n) is 2.65. The maximum atomic E-state index is 10.7. The molecule has 1 aliphatic rings. The Kier molecular flexibility index (Phi) is 5.12. The van der Waals surface area contributed by atoms with Crippen LogP contribution >= 0.6 is 0 Å². The van der Waals surface area contributed by atoms with Gasteiger partial charge in [-0.05, 0) is 46.5 Å². The second-order valence-corrected chi connectivity index (χ2v) is 7.01. The van der Waals surface area contributed by atoms with Crippen LogP contribution in [0.2, 0.25) is 0 Å². The van der Waals surface area contributed by atoms with Gasteiger partial charge in [-0.1, -0.05) is 0 Å². The summed E-state index contributed by atoms with van der Waals surface area (Å²) in [6, 6.07) is 0.271. The number of hydrogen-bond donors (Lipinski definition) is 5. The number of hydrogen-bond acceptors (Lipinski definition) is 6. The van der Waals surface area contributed by atoms with Crippen LogP contribution < -0.4 is 21.7 Å². The van der Waals surface area contributed by atoms with Crippen LogP contribution in [0.5, 0.6) is 0 Å². The molecule has 1 heterocycles. The van der Waals surface area contributed by atoms with Crippen molar-refractivity contribution in [3.8, 4) is 0 Å². The molecule has 1 fully saturated rings. The largest absolute Gasteiger partial charge is 0.465 e. The zero-order valence-corrected chi connectivity index (χ0v) is 13.9. The molecule has 0 spiro atoms. The van der Waals surface area contributed by atoms with Gasteiger partial charge in [0.15, 0.2) is 5.82 Å². The number of nitrogen functional groups attached to an aromatic ring is 1. The minimum absolute atomic E-state index is 0.0337. The number of aromatic nitrogens is 2. The molecule has 2 rings (SSSR count). The van der Waals surface area contributed by atoms with Gasteiger partial charge in [0.2, 0.25) is 5.95 Å². The van der Waals surface area contributed by atoms with Crippen molar-refractivity contribution in [2.24, 2.45) is 0 Å². The number of amides is 1. The maximum absolute atomic E-state index is 10.7. The predicted octanol–water partition coefficient (Wildman–Crippen LogP) is 2.26. The van der Waals surface area contributed by atoms with E-state index in [1.807, 2.05) is 20.8 Å². The highest BCUT2D eigenvalue weighted by molar-refractivity contribution is 5.65. The Morgan fingerprint density at radius 2 is 1.87 bits per heavy atom. The second kappa shape index (κ2) is 6.89. The van der Waals surface area contributed by atoms with Crippen LogP contribution in [-0.4, -0.2) is 38.8 Å². The third kappa shape index (κ3) is 5.46. The van der Waals surface area contributed by atoms with Crippen LogP contribution in [0.4, 0.5) is 22.2 Å². The van der Waals surface area contributed by atoms with E-state index >= 15 is 0 Å². The van der Waals surface area contributed by atoms with E-state index in [4.69, 9.17) is 10.8 Å². The molecule has 0 aromatic carbocycles. The number of carbonyl (C=O) groups is 1. The molecular formula is C15H26N6O2. The Morgan fingerprint density at radius 3 is 2.43 bits per heavy atom. The average Bonchev–Trinajstić information content (AvgIpc) is 2.42. The van der Waals surface area contributed by atoms with Gasteiger partial charge < -0.3 is 26.8 Å². The van der Waals surface area contributed by atoms with E-state index in [0.717, 1.165) is 25.7 Å². The van der Waals surface area contributed by atoms with Crippen molar-refractivity contribution in [1.29, 1.82) is 0 Å². The van der Waals surface area contributed by atoms with Gasteiger partial charge in [-0.15, -0.1) is 0 Å². The molecule has 0 unspecified atom stereocenters. The molecule has 6 N–H and O–H groups in total. The molecule has 8 nitrogen and oxygen atoms in total. The summed E-state index contributed by atoms with van der Waals surface area (Å²) in [7, 11) is 0. The topological polar surface area (TPSA) is 125 Å². The highest BCUT2D eigenvalue weighted by atomic mass is 16.4. The van der Waals surface area contributed by atoms with Gasteiger partial charge in [-0.2, -0.15) is 4.98 Å². The third-order valence-corrected chi connectivity index (χ3v) is 3.70. The molecule has 1 aliphatic carbocycles. The van der Waals surface area contributed by atoms with Crippen molar-refractivity contribution in [3.05, 3.63) is 6.20 Å². The molecule has 128 valence electrons. The number of anilines is 3. The third-order valence-electron chi connectivity index (χ3n) is 3.70. The van der Waals surface area contributed by atoms with Crippen LogP contribution in [0.25, 0.3) is 0 Å². The minimum atomic E-state index is -0.959. The quantitative estimate of drug-likeness (QED) is 0.575. The zero-order valence-electron chi connectivity index (χ0n) is 13.9. The summed E-state index contributed by atoms with van der Waals surface area (Å²) >= 11 is 0. The summed E-state index contributed by atoms with van der Waals surface area (Å²) in [5, 5.41) is 17.9. The SMILES string of the molecule is CC(C)(C)Nc1ncc(N)c(NC2CCC(NC(=O)O)CC2)n1. The lowest BCUT2D eigenvalue weighted by Gasteiger charge is -2.29. The Balaban J connectivity index is 1.95. The van der Waals surface area contributed by atoms with Crippen LogP contribution in [0.3, 0.4) is 0 Å². The first-order valence-corrected chi connectivity index (χ1v) is 7.89. The van der Waals surface area contributed by atoms with Crippen LogP contribution in [-0.2, 0) is 0 Å². The molecule has 0 aliphatic heterocycles. The smallest absolute Gasteiger partial charge is 0.404 e. The van der Waals surface area contributed by atoms with Gasteiger partial charge in [0.25, 0.3) is 0 Å². The molecule has 8 heteroatoms. The van der Waals surface area contributed by atoms with Crippen LogP contribution in [0.1, 0.15) is 46.5 Å². The van der Waals surface area contributed by atoms with Gasteiger partial charge in [0.1, 0.15) is 0 Å². The lowest BCUT2D eigenvalue weighted by Crippen LogP contribution is -2.39. The molecule has 23 heavy (non-hydrogen) atoms. The van der Waals surface area contributed by atoms with Crippen LogP contribution in [0, 0.1) is 0 Å². The highest BCUT2D eigenvalue weighted by Gasteiger charge is 2.23. The molecule has 0 saturated heterocycles. The zero-order chi connectivity index (χ0) is 17.0. The lowest BCUT2D eigenvalue weighted by molar-refractivity contribution is 0.185. The van der Waals surface area contributed by atoms with E-state index in [0.29, 0.717) is 17.5 Å². The van der Waals surface area contributed by atoms with E-state index < -0.39 is 6.09 Å². The van der Waals surface area contributed by atoms with Gasteiger partial charge >= 0.3 is 6.09 Å². The van der Waals surface area contributed by atoms with Crippen molar-refractivity contribution in [1.82, 2.24) is 15.3 Å². The normalized spacial score (nSPS) is 21.5. The van der Waals surface area contributed by atoms with E-state index in [1.165, 1.54) is 0 Å². The minimum Gasteiger partial charge on any atom is -0.465 e. The monoisotopic (exact) mass is 322 g/mol. The molecule has 1 aromatic rings. The van der Waals surface area contributed by atoms with Gasteiger partial charge in [-0.25, -0.2) is 9.78 Å². The maximum Gasteiger partial charge on any atom is 0.404 e. The van der Waals surface area contributed by atoms with Gasteiger partial charge in [0, 0.05) is 17.6 Å². The first-order valence-electron chi connectivity index (χ1n) is 7.89. The second-order valence-electron chi connectivity index (χ2n) is 7.01. The predicted molar refractivity (Wildman–Crippen MR) is 90.6 cm³/mol. The lowest BCUT2D eigenvalue weighted by atomic mass is 9.91. The van der Waals surface area contributed by atoms with Crippen molar-refractivity contribution >= 4 is 23.5 Å². The summed E-state index contributed by atoms with van der Waals surface area (Å²) in [4.78, 5) is 19.3. The van der Waals surface area contributed by atoms with E-state index in [2.05, 4.69) is 25.9 Å². The van der Waals surface area contributed by atoms with E-state index in [1.54, 1.807) is 6.20 Å². The summed E-state index contributed by atoms with van der Waals surface area (Å²) in [6.45, 7) is 6.11. The van der Waals surface area contributed by atoms with Crippen LogP contribution in [0.15, 0.2) is 6.20 Å². The number of nitrogens with zero attached hydrogens (tertiary/aromatic N) is 2. The Hall–Kier alpha value is -2.25. The molecule has 0 atom stereocenters. The number of nitrogens with two attached hydrogens (primary N) is 1. The van der Waals surface area contributed by atoms with Crippen molar-refractivity contribution < 1.29 is 9.90 Å². The first kappa shape index (κ1) is 17.1. The average molecular weight is 322 g/mol. The summed E-state index contributed by atoms with van der Waals surface area (Å²) in [6.07, 6.45) is 4.00. The van der Waals surface area contributed by atoms with Gasteiger partial charge in [-0.3, -0.25) is 0 Å². The molecule has 0 radical (unpaired) electrons. The summed E-state index contributed by atoms with van der Waals surface area (Å²) < 4.78 is 0. The van der Waals surface area contributed by atoms with Crippen molar-refractivity contribution in [2.45, 2.75) is 64.1 Å². The Labute approximate surface area is 136 Å². The number of carboxylic acid groups (broad SMARTS) is 1. The van der Waals surface area contributed by atoms with Gasteiger partial charge in [0.05, 0.1) is 11.9 Å². The summed E-state index contributed by atoms with van der Waals surface area (Å²) in [5.74, 6) is 1.16. The fraction of sp³-hybridized carbons (Fsp3) is 0.667. The van der Waals surface area contributed by atoms with Crippen molar-refractivity contribution in [2.75, 3.05) is 16.4 Å². The van der Waals surface area contributed by atoms with Crippen molar-refractivity contribution in [3.63, 3.8) is 0 Å². The van der Waals surface area contributed by atoms with E-state index in [9.17, 15) is 4.79 Å². The number of nitrogens with one attached hydrogen (secondary N) is 3.